The lowest BCUT2D eigenvalue weighted by Crippen LogP contribution is -2.38. The quantitative estimate of drug-likeness (QED) is 0.552. The SMILES string of the molecule is CCOc1cc(CN2CCC(Nc3cc4ncoc4cc3C(=O)OC)CC2)ccc1O. The second-order valence-electron chi connectivity index (χ2n) is 7.64. The van der Waals surface area contributed by atoms with Crippen LogP contribution in [0.5, 0.6) is 11.5 Å². The fourth-order valence-corrected chi connectivity index (χ4v) is 3.94. The summed E-state index contributed by atoms with van der Waals surface area (Å²) in [4.78, 5) is 18.8. The third-order valence-electron chi connectivity index (χ3n) is 5.55. The summed E-state index contributed by atoms with van der Waals surface area (Å²) in [6.45, 7) is 5.05. The average Bonchev–Trinajstić information content (AvgIpc) is 3.24. The van der Waals surface area contributed by atoms with E-state index in [1.807, 2.05) is 25.1 Å². The van der Waals surface area contributed by atoms with Crippen LogP contribution in [-0.4, -0.2) is 53.8 Å². The van der Waals surface area contributed by atoms with Crippen LogP contribution in [0.2, 0.25) is 0 Å². The van der Waals surface area contributed by atoms with Crippen molar-refractivity contribution in [2.75, 3.05) is 32.1 Å². The summed E-state index contributed by atoms with van der Waals surface area (Å²) in [6.07, 6.45) is 3.25. The van der Waals surface area contributed by atoms with E-state index >= 15 is 0 Å². The van der Waals surface area contributed by atoms with Gasteiger partial charge in [0, 0.05) is 25.7 Å². The van der Waals surface area contributed by atoms with Crippen LogP contribution in [0, 0.1) is 0 Å². The molecule has 8 nitrogen and oxygen atoms in total. The van der Waals surface area contributed by atoms with E-state index < -0.39 is 5.97 Å². The summed E-state index contributed by atoms with van der Waals surface area (Å²) in [5.41, 5.74) is 3.52. The lowest BCUT2D eigenvalue weighted by Gasteiger charge is -2.33. The van der Waals surface area contributed by atoms with Gasteiger partial charge >= 0.3 is 5.97 Å². The van der Waals surface area contributed by atoms with Gasteiger partial charge in [0.15, 0.2) is 23.5 Å². The molecule has 31 heavy (non-hydrogen) atoms. The number of nitrogens with zero attached hydrogens (tertiary/aromatic N) is 2. The third kappa shape index (κ3) is 4.74. The van der Waals surface area contributed by atoms with Crippen molar-refractivity contribution in [3.63, 3.8) is 0 Å². The lowest BCUT2D eigenvalue weighted by molar-refractivity contribution is 0.0601. The molecular weight excluding hydrogens is 398 g/mol. The van der Waals surface area contributed by atoms with Gasteiger partial charge in [-0.25, -0.2) is 9.78 Å². The molecule has 0 bridgehead atoms. The highest BCUT2D eigenvalue weighted by Crippen LogP contribution is 2.29. The van der Waals surface area contributed by atoms with E-state index in [1.54, 1.807) is 12.1 Å². The molecule has 0 unspecified atom stereocenters. The van der Waals surface area contributed by atoms with Crippen LogP contribution in [0.3, 0.4) is 0 Å². The van der Waals surface area contributed by atoms with Crippen LogP contribution < -0.4 is 10.1 Å². The number of rotatable bonds is 7. The number of benzene rings is 2. The van der Waals surface area contributed by atoms with Crippen molar-refractivity contribution < 1.29 is 23.8 Å². The van der Waals surface area contributed by atoms with Gasteiger partial charge in [0.1, 0.15) is 5.52 Å². The molecule has 1 aliphatic rings. The predicted octanol–water partition coefficient (Wildman–Crippen LogP) is 3.80. The van der Waals surface area contributed by atoms with E-state index in [0.717, 1.165) is 38.0 Å². The minimum Gasteiger partial charge on any atom is -0.504 e. The molecule has 1 aromatic heterocycles. The van der Waals surface area contributed by atoms with E-state index in [2.05, 4.69) is 15.2 Å². The molecule has 1 fully saturated rings. The number of likely N-dealkylation sites (tertiary alicyclic amines) is 1. The number of hydrogen-bond donors (Lipinski definition) is 2. The monoisotopic (exact) mass is 425 g/mol. The summed E-state index contributed by atoms with van der Waals surface area (Å²) in [5.74, 6) is 0.282. The maximum Gasteiger partial charge on any atom is 0.340 e. The van der Waals surface area contributed by atoms with Crippen LogP contribution >= 0.6 is 0 Å². The number of aromatic hydroxyl groups is 1. The smallest absolute Gasteiger partial charge is 0.340 e. The van der Waals surface area contributed by atoms with E-state index in [-0.39, 0.29) is 11.8 Å². The Labute approximate surface area is 180 Å². The number of oxazole rings is 1. The first-order valence-electron chi connectivity index (χ1n) is 10.5. The second kappa shape index (κ2) is 9.26. The summed E-state index contributed by atoms with van der Waals surface area (Å²) in [7, 11) is 1.37. The van der Waals surface area contributed by atoms with Crippen LogP contribution in [0.25, 0.3) is 11.1 Å². The standard InChI is InChI=1S/C23H27N3O5/c1-3-30-22-10-15(4-5-20(22)27)13-26-8-6-16(7-9-26)25-18-12-19-21(31-14-24-19)11-17(18)23(28)29-2/h4-5,10-12,14,16,25,27H,3,6-9,13H2,1-2H3. The number of ether oxygens (including phenoxy) is 2. The first kappa shape index (κ1) is 21.0. The van der Waals surface area contributed by atoms with Crippen LogP contribution in [0.15, 0.2) is 41.1 Å². The zero-order valence-corrected chi connectivity index (χ0v) is 17.8. The molecule has 0 saturated carbocycles. The summed E-state index contributed by atoms with van der Waals surface area (Å²) < 4.78 is 15.7. The van der Waals surface area contributed by atoms with Gasteiger partial charge in [-0.2, -0.15) is 0 Å². The van der Waals surface area contributed by atoms with Crippen molar-refractivity contribution in [2.45, 2.75) is 32.4 Å². The first-order valence-corrected chi connectivity index (χ1v) is 10.5. The Morgan fingerprint density at radius 2 is 2.10 bits per heavy atom. The van der Waals surface area contributed by atoms with Gasteiger partial charge in [0.25, 0.3) is 0 Å². The zero-order chi connectivity index (χ0) is 21.8. The highest BCUT2D eigenvalue weighted by atomic mass is 16.5. The number of methoxy groups -OCH3 is 1. The van der Waals surface area contributed by atoms with Crippen LogP contribution in [-0.2, 0) is 11.3 Å². The molecule has 0 aliphatic carbocycles. The average molecular weight is 425 g/mol. The Kier molecular flexibility index (Phi) is 6.27. The lowest BCUT2D eigenvalue weighted by atomic mass is 10.0. The first-order chi connectivity index (χ1) is 15.1. The number of fused-ring (bicyclic) bond motifs is 1. The van der Waals surface area contributed by atoms with Gasteiger partial charge in [-0.15, -0.1) is 0 Å². The van der Waals surface area contributed by atoms with Gasteiger partial charge in [-0.05, 0) is 49.6 Å². The summed E-state index contributed by atoms with van der Waals surface area (Å²) in [6, 6.07) is 9.26. The zero-order valence-electron chi connectivity index (χ0n) is 17.8. The fourth-order valence-electron chi connectivity index (χ4n) is 3.94. The number of nitrogens with one attached hydrogen (secondary N) is 1. The molecule has 8 heteroatoms. The molecule has 0 spiro atoms. The molecule has 164 valence electrons. The molecule has 2 heterocycles. The van der Waals surface area contributed by atoms with Gasteiger partial charge in [-0.1, -0.05) is 6.07 Å². The Balaban J connectivity index is 1.39. The van der Waals surface area contributed by atoms with Crippen molar-refractivity contribution >= 4 is 22.8 Å². The molecule has 0 atom stereocenters. The van der Waals surface area contributed by atoms with Crippen molar-refractivity contribution in [2.24, 2.45) is 0 Å². The molecule has 4 rings (SSSR count). The second-order valence-corrected chi connectivity index (χ2v) is 7.64. The van der Waals surface area contributed by atoms with Crippen molar-refractivity contribution in [3.05, 3.63) is 47.9 Å². The predicted molar refractivity (Wildman–Crippen MR) is 117 cm³/mol. The normalized spacial score (nSPS) is 15.2. The molecule has 0 radical (unpaired) electrons. The van der Waals surface area contributed by atoms with Crippen molar-refractivity contribution in [1.29, 1.82) is 0 Å². The van der Waals surface area contributed by atoms with Crippen LogP contribution in [0.1, 0.15) is 35.7 Å². The molecular formula is C23H27N3O5. The molecule has 1 saturated heterocycles. The highest BCUT2D eigenvalue weighted by Gasteiger charge is 2.22. The number of anilines is 1. The Morgan fingerprint density at radius 3 is 2.84 bits per heavy atom. The number of phenols is 1. The van der Waals surface area contributed by atoms with E-state index in [9.17, 15) is 9.90 Å². The minimum absolute atomic E-state index is 0.166. The minimum atomic E-state index is -0.407. The van der Waals surface area contributed by atoms with Crippen LogP contribution in [0.4, 0.5) is 5.69 Å². The van der Waals surface area contributed by atoms with Gasteiger partial charge in [-0.3, -0.25) is 4.90 Å². The molecule has 2 N–H and O–H groups in total. The number of carbonyl (C=O) groups is 1. The molecule has 2 aromatic carbocycles. The largest absolute Gasteiger partial charge is 0.504 e. The molecule has 0 amide bonds. The Hall–Kier alpha value is -3.26. The van der Waals surface area contributed by atoms with Crippen molar-refractivity contribution in [1.82, 2.24) is 9.88 Å². The van der Waals surface area contributed by atoms with E-state index in [0.29, 0.717) is 34.7 Å². The maximum atomic E-state index is 12.2. The number of phenolic OH excluding ortho intramolecular Hbond substituents is 1. The van der Waals surface area contributed by atoms with Gasteiger partial charge in [0.2, 0.25) is 0 Å². The van der Waals surface area contributed by atoms with E-state index in [4.69, 9.17) is 13.9 Å². The Morgan fingerprint density at radius 1 is 1.29 bits per heavy atom. The number of aromatic nitrogens is 1. The highest BCUT2D eigenvalue weighted by molar-refractivity contribution is 5.99. The third-order valence-corrected chi connectivity index (χ3v) is 5.55. The number of hydrogen-bond acceptors (Lipinski definition) is 8. The number of piperidine rings is 1. The summed E-state index contributed by atoms with van der Waals surface area (Å²) >= 11 is 0. The number of esters is 1. The molecule has 1 aliphatic heterocycles. The molecule has 3 aromatic rings. The van der Waals surface area contributed by atoms with Gasteiger partial charge in [0.05, 0.1) is 25.0 Å². The number of carbonyl (C=O) groups excluding carboxylic acids is 1. The maximum absolute atomic E-state index is 12.2. The van der Waals surface area contributed by atoms with Gasteiger partial charge < -0.3 is 24.3 Å². The Bertz CT molecular complexity index is 1060. The fraction of sp³-hybridized carbons (Fsp3) is 0.391. The van der Waals surface area contributed by atoms with E-state index in [1.165, 1.54) is 13.5 Å². The summed E-state index contributed by atoms with van der Waals surface area (Å²) in [5, 5.41) is 13.4. The van der Waals surface area contributed by atoms with Crippen molar-refractivity contribution in [3.8, 4) is 11.5 Å². The topological polar surface area (TPSA) is 97.1 Å².